The molecule has 1 rings (SSSR count). The highest BCUT2D eigenvalue weighted by atomic mass is 16.2. The maximum atomic E-state index is 11.4. The highest BCUT2D eigenvalue weighted by molar-refractivity contribution is 5.94. The zero-order chi connectivity index (χ0) is 10.6. The highest BCUT2D eigenvalue weighted by Gasteiger charge is 2.06. The first-order valence-corrected chi connectivity index (χ1v) is 4.17. The number of nitrogens with one attached hydrogen (secondary N) is 1. The quantitative estimate of drug-likeness (QED) is 0.725. The van der Waals surface area contributed by atoms with E-state index < -0.39 is 0 Å². The van der Waals surface area contributed by atoms with Gasteiger partial charge in [0.15, 0.2) is 0 Å². The van der Waals surface area contributed by atoms with Crippen molar-refractivity contribution in [2.24, 2.45) is 0 Å². The third kappa shape index (κ3) is 2.32. The molecule has 0 heterocycles. The maximum absolute atomic E-state index is 11.4. The minimum atomic E-state index is -0.0531. The summed E-state index contributed by atoms with van der Waals surface area (Å²) in [4.78, 5) is 23.1. The van der Waals surface area contributed by atoms with Crippen LogP contribution < -0.4 is 5.32 Å². The molecule has 0 aliphatic heterocycles. The molecule has 0 spiro atoms. The Labute approximate surface area is 82.5 Å². The lowest BCUT2D eigenvalue weighted by Crippen LogP contribution is -2.21. The molecule has 1 aromatic carbocycles. The normalized spacial score (nSPS) is 9.29. The zero-order valence-corrected chi connectivity index (χ0v) is 8.15. The molecule has 0 aromatic heterocycles. The Hall–Kier alpha value is -1.84. The first kappa shape index (κ1) is 10.2. The third-order valence-electron chi connectivity index (χ3n) is 1.76. The third-order valence-corrected chi connectivity index (χ3v) is 1.76. The highest BCUT2D eigenvalue weighted by Crippen LogP contribution is 2.09. The monoisotopic (exact) mass is 192 g/mol. The van der Waals surface area contributed by atoms with Crippen LogP contribution in [0.1, 0.15) is 10.4 Å². The molecule has 0 bridgehead atoms. The summed E-state index contributed by atoms with van der Waals surface area (Å²) in [7, 11) is 3.39. The van der Waals surface area contributed by atoms with Crippen LogP contribution in [0.15, 0.2) is 24.3 Å². The van der Waals surface area contributed by atoms with Gasteiger partial charge < -0.3 is 10.2 Å². The molecule has 0 saturated heterocycles. The number of carbonyl (C=O) groups excluding carboxylic acids is 2. The van der Waals surface area contributed by atoms with Crippen molar-refractivity contribution in [3.63, 3.8) is 0 Å². The van der Waals surface area contributed by atoms with E-state index in [1.165, 1.54) is 4.90 Å². The Bertz CT molecular complexity index is 330. The smallest absolute Gasteiger partial charge is 0.253 e. The average Bonchev–Trinajstić information content (AvgIpc) is 2.18. The minimum absolute atomic E-state index is 0.0531. The van der Waals surface area contributed by atoms with Gasteiger partial charge in [0, 0.05) is 25.3 Å². The second kappa shape index (κ2) is 4.41. The predicted molar refractivity (Wildman–Crippen MR) is 54.1 cm³/mol. The molecule has 4 nitrogen and oxygen atoms in total. The van der Waals surface area contributed by atoms with Crippen LogP contribution in [0.2, 0.25) is 0 Å². The molecule has 0 unspecified atom stereocenters. The van der Waals surface area contributed by atoms with E-state index in [1.54, 1.807) is 38.4 Å². The number of nitrogens with zero attached hydrogens (tertiary/aromatic N) is 1. The standard InChI is InChI=1S/C10H12N2O2/c1-12(2)10(14)8-3-5-9(6-4-8)11-7-13/h3-7H,1-2H3,(H,11,13). The van der Waals surface area contributed by atoms with Crippen LogP contribution in [0.3, 0.4) is 0 Å². The SMILES string of the molecule is CN(C)C(=O)c1ccc(NC=O)cc1. The maximum Gasteiger partial charge on any atom is 0.253 e. The summed E-state index contributed by atoms with van der Waals surface area (Å²) in [5.74, 6) is -0.0531. The number of hydrogen-bond donors (Lipinski definition) is 1. The second-order valence-corrected chi connectivity index (χ2v) is 3.04. The van der Waals surface area contributed by atoms with Crippen LogP contribution in [0.4, 0.5) is 5.69 Å². The molecule has 0 aliphatic rings. The summed E-state index contributed by atoms with van der Waals surface area (Å²) in [5.41, 5.74) is 1.28. The second-order valence-electron chi connectivity index (χ2n) is 3.04. The molecule has 0 atom stereocenters. The molecule has 1 aromatic rings. The summed E-state index contributed by atoms with van der Waals surface area (Å²) in [5, 5.41) is 2.50. The van der Waals surface area contributed by atoms with E-state index in [9.17, 15) is 9.59 Å². The summed E-state index contributed by atoms with van der Waals surface area (Å²) < 4.78 is 0. The van der Waals surface area contributed by atoms with E-state index in [0.29, 0.717) is 17.7 Å². The van der Waals surface area contributed by atoms with E-state index >= 15 is 0 Å². The van der Waals surface area contributed by atoms with Crippen LogP contribution in [0.25, 0.3) is 0 Å². The van der Waals surface area contributed by atoms with E-state index in [-0.39, 0.29) is 5.91 Å². The first-order chi connectivity index (χ1) is 6.65. The number of benzene rings is 1. The van der Waals surface area contributed by atoms with Crippen molar-refractivity contribution in [2.75, 3.05) is 19.4 Å². The molecular weight excluding hydrogens is 180 g/mol. The van der Waals surface area contributed by atoms with Gasteiger partial charge in [-0.1, -0.05) is 0 Å². The van der Waals surface area contributed by atoms with Gasteiger partial charge in [-0.15, -0.1) is 0 Å². The summed E-state index contributed by atoms with van der Waals surface area (Å²) in [6, 6.07) is 6.72. The van der Waals surface area contributed by atoms with Crippen LogP contribution in [0.5, 0.6) is 0 Å². The van der Waals surface area contributed by atoms with Crippen molar-refractivity contribution in [3.8, 4) is 0 Å². The van der Waals surface area contributed by atoms with Gasteiger partial charge in [-0.25, -0.2) is 0 Å². The van der Waals surface area contributed by atoms with Crippen molar-refractivity contribution in [1.29, 1.82) is 0 Å². The van der Waals surface area contributed by atoms with Crippen LogP contribution in [-0.4, -0.2) is 31.3 Å². The van der Waals surface area contributed by atoms with Crippen molar-refractivity contribution < 1.29 is 9.59 Å². The van der Waals surface area contributed by atoms with E-state index in [1.807, 2.05) is 0 Å². The van der Waals surface area contributed by atoms with E-state index in [0.717, 1.165) is 0 Å². The topological polar surface area (TPSA) is 49.4 Å². The number of hydrogen-bond acceptors (Lipinski definition) is 2. The minimum Gasteiger partial charge on any atom is -0.345 e. The van der Waals surface area contributed by atoms with Gasteiger partial charge in [0.05, 0.1) is 0 Å². The van der Waals surface area contributed by atoms with Gasteiger partial charge in [-0.2, -0.15) is 0 Å². The van der Waals surface area contributed by atoms with Gasteiger partial charge in [0.2, 0.25) is 6.41 Å². The number of carbonyl (C=O) groups is 2. The summed E-state index contributed by atoms with van der Waals surface area (Å²) in [6.07, 6.45) is 0.600. The fraction of sp³-hybridized carbons (Fsp3) is 0.200. The first-order valence-electron chi connectivity index (χ1n) is 4.17. The predicted octanol–water partition coefficient (Wildman–Crippen LogP) is 0.957. The Kier molecular flexibility index (Phi) is 3.23. The van der Waals surface area contributed by atoms with Crippen LogP contribution >= 0.6 is 0 Å². The van der Waals surface area contributed by atoms with Gasteiger partial charge in [0.1, 0.15) is 0 Å². The van der Waals surface area contributed by atoms with Gasteiger partial charge in [0.25, 0.3) is 5.91 Å². The van der Waals surface area contributed by atoms with Crippen molar-refractivity contribution in [2.45, 2.75) is 0 Å². The Morgan fingerprint density at radius 1 is 1.29 bits per heavy atom. The molecule has 0 radical (unpaired) electrons. The molecular formula is C10H12N2O2. The van der Waals surface area contributed by atoms with Crippen molar-refractivity contribution in [3.05, 3.63) is 29.8 Å². The van der Waals surface area contributed by atoms with E-state index in [4.69, 9.17) is 0 Å². The van der Waals surface area contributed by atoms with Crippen LogP contribution in [-0.2, 0) is 4.79 Å². The number of anilines is 1. The zero-order valence-electron chi connectivity index (χ0n) is 8.15. The fourth-order valence-electron chi connectivity index (χ4n) is 1.04. The summed E-state index contributed by atoms with van der Waals surface area (Å²) in [6.45, 7) is 0. The lowest BCUT2D eigenvalue weighted by molar-refractivity contribution is -0.105. The molecule has 74 valence electrons. The van der Waals surface area contributed by atoms with Gasteiger partial charge >= 0.3 is 0 Å². The molecule has 4 heteroatoms. The van der Waals surface area contributed by atoms with Crippen molar-refractivity contribution in [1.82, 2.24) is 4.90 Å². The van der Waals surface area contributed by atoms with Gasteiger partial charge in [-0.05, 0) is 24.3 Å². The molecule has 14 heavy (non-hydrogen) atoms. The lowest BCUT2D eigenvalue weighted by atomic mass is 10.2. The van der Waals surface area contributed by atoms with Crippen LogP contribution in [0, 0.1) is 0 Å². The molecule has 2 amide bonds. The number of rotatable bonds is 3. The Morgan fingerprint density at radius 2 is 1.86 bits per heavy atom. The number of amides is 2. The molecule has 0 fully saturated rings. The summed E-state index contributed by atoms with van der Waals surface area (Å²) >= 11 is 0. The lowest BCUT2D eigenvalue weighted by Gasteiger charge is -2.10. The molecule has 0 saturated carbocycles. The van der Waals surface area contributed by atoms with Gasteiger partial charge in [-0.3, -0.25) is 9.59 Å². The largest absolute Gasteiger partial charge is 0.345 e. The average molecular weight is 192 g/mol. The van der Waals surface area contributed by atoms with E-state index in [2.05, 4.69) is 5.32 Å². The molecule has 0 aliphatic carbocycles. The molecule has 1 N–H and O–H groups in total. The van der Waals surface area contributed by atoms with Crippen molar-refractivity contribution >= 4 is 18.0 Å². The Balaban J connectivity index is 2.82. The fourth-order valence-corrected chi connectivity index (χ4v) is 1.04. The Morgan fingerprint density at radius 3 is 2.29 bits per heavy atom.